The Morgan fingerprint density at radius 2 is 1.81 bits per heavy atom. The zero-order chi connectivity index (χ0) is 19.2. The van der Waals surface area contributed by atoms with Crippen LogP contribution in [0.5, 0.6) is 5.75 Å². The van der Waals surface area contributed by atoms with Gasteiger partial charge in [-0.05, 0) is 36.8 Å². The molecule has 0 fully saturated rings. The van der Waals surface area contributed by atoms with E-state index in [0.29, 0.717) is 19.4 Å². The SMILES string of the molecule is CC(C)(C)C(O)(CCCCCOc1c(F)cccc1F)Cn1cncn1. The second-order valence-electron chi connectivity index (χ2n) is 7.58. The van der Waals surface area contributed by atoms with Gasteiger partial charge in [0.05, 0.1) is 18.8 Å². The number of para-hydroxylation sites is 1. The van der Waals surface area contributed by atoms with Gasteiger partial charge in [0.1, 0.15) is 12.7 Å². The van der Waals surface area contributed by atoms with Crippen LogP contribution >= 0.6 is 0 Å². The normalized spacial score (nSPS) is 14.2. The highest BCUT2D eigenvalue weighted by molar-refractivity contribution is 5.25. The first-order valence-corrected chi connectivity index (χ1v) is 8.84. The number of rotatable bonds is 9. The molecular weight excluding hydrogens is 340 g/mol. The van der Waals surface area contributed by atoms with Crippen molar-refractivity contribution < 1.29 is 18.6 Å². The van der Waals surface area contributed by atoms with Gasteiger partial charge in [-0.1, -0.05) is 33.3 Å². The van der Waals surface area contributed by atoms with Crippen LogP contribution in [0.3, 0.4) is 0 Å². The average molecular weight is 367 g/mol. The molecule has 0 saturated heterocycles. The third-order valence-electron chi connectivity index (χ3n) is 4.69. The van der Waals surface area contributed by atoms with Gasteiger partial charge in [-0.15, -0.1) is 0 Å². The molecule has 0 saturated carbocycles. The fourth-order valence-electron chi connectivity index (χ4n) is 2.76. The quantitative estimate of drug-likeness (QED) is 0.681. The van der Waals surface area contributed by atoms with Gasteiger partial charge in [0.15, 0.2) is 17.4 Å². The summed E-state index contributed by atoms with van der Waals surface area (Å²) >= 11 is 0. The van der Waals surface area contributed by atoms with E-state index in [-0.39, 0.29) is 17.8 Å². The third kappa shape index (κ3) is 5.24. The minimum absolute atomic E-state index is 0.231. The summed E-state index contributed by atoms with van der Waals surface area (Å²) in [5.41, 5.74) is -1.26. The Morgan fingerprint density at radius 3 is 2.38 bits per heavy atom. The molecule has 0 radical (unpaired) electrons. The van der Waals surface area contributed by atoms with Crippen molar-refractivity contribution in [3.05, 3.63) is 42.5 Å². The summed E-state index contributed by atoms with van der Waals surface area (Å²) in [5, 5.41) is 15.2. The second-order valence-corrected chi connectivity index (χ2v) is 7.58. The first-order chi connectivity index (χ1) is 12.2. The Morgan fingerprint density at radius 1 is 1.12 bits per heavy atom. The van der Waals surface area contributed by atoms with E-state index in [1.807, 2.05) is 20.8 Å². The van der Waals surface area contributed by atoms with Crippen molar-refractivity contribution >= 4 is 0 Å². The average Bonchev–Trinajstić information content (AvgIpc) is 3.04. The maximum Gasteiger partial charge on any atom is 0.190 e. The van der Waals surface area contributed by atoms with Crippen molar-refractivity contribution in [2.24, 2.45) is 5.41 Å². The molecule has 0 bridgehead atoms. The summed E-state index contributed by atoms with van der Waals surface area (Å²) < 4.78 is 33.8. The fraction of sp³-hybridized carbons (Fsp3) is 0.579. The van der Waals surface area contributed by atoms with E-state index in [0.717, 1.165) is 12.8 Å². The lowest BCUT2D eigenvalue weighted by Gasteiger charge is -2.40. The van der Waals surface area contributed by atoms with Crippen molar-refractivity contribution in [1.29, 1.82) is 0 Å². The first kappa shape index (κ1) is 20.3. The standard InChI is InChI=1S/C19H27F2N3O2/c1-18(2,3)19(25,12-24-14-22-13-23-24)10-5-4-6-11-26-17-15(20)8-7-9-16(17)21/h7-9,13-14,25H,4-6,10-12H2,1-3H3. The lowest BCUT2D eigenvalue weighted by atomic mass is 9.73. The Kier molecular flexibility index (Phi) is 6.69. The number of hydrogen-bond acceptors (Lipinski definition) is 4. The number of benzene rings is 1. The van der Waals surface area contributed by atoms with Crippen molar-refractivity contribution in [3.63, 3.8) is 0 Å². The summed E-state index contributed by atoms with van der Waals surface area (Å²) in [4.78, 5) is 3.92. The smallest absolute Gasteiger partial charge is 0.190 e. The molecule has 1 aromatic heterocycles. The number of aromatic nitrogens is 3. The minimum Gasteiger partial charge on any atom is -0.488 e. The molecule has 5 nitrogen and oxygen atoms in total. The second kappa shape index (κ2) is 8.58. The molecule has 0 spiro atoms. The van der Waals surface area contributed by atoms with Crippen molar-refractivity contribution in [2.45, 2.75) is 58.6 Å². The van der Waals surface area contributed by atoms with Crippen LogP contribution < -0.4 is 4.74 Å². The van der Waals surface area contributed by atoms with E-state index in [1.54, 1.807) is 11.0 Å². The van der Waals surface area contributed by atoms with E-state index < -0.39 is 17.2 Å². The Labute approximate surface area is 153 Å². The van der Waals surface area contributed by atoms with E-state index in [4.69, 9.17) is 4.74 Å². The third-order valence-corrected chi connectivity index (χ3v) is 4.69. The fourth-order valence-corrected chi connectivity index (χ4v) is 2.76. The van der Waals surface area contributed by atoms with E-state index in [9.17, 15) is 13.9 Å². The number of halogens is 2. The highest BCUT2D eigenvalue weighted by Gasteiger charge is 2.40. The highest BCUT2D eigenvalue weighted by Crippen LogP contribution is 2.36. The molecular formula is C19H27F2N3O2. The van der Waals surface area contributed by atoms with Gasteiger partial charge in [-0.2, -0.15) is 5.10 Å². The van der Waals surface area contributed by atoms with Gasteiger partial charge in [0, 0.05) is 0 Å². The number of nitrogens with zero attached hydrogens (tertiary/aromatic N) is 3. The molecule has 26 heavy (non-hydrogen) atoms. The van der Waals surface area contributed by atoms with Crippen LogP contribution in [0.1, 0.15) is 46.5 Å². The first-order valence-electron chi connectivity index (χ1n) is 8.84. The summed E-state index contributed by atoms with van der Waals surface area (Å²) in [6.07, 6.45) is 5.83. The largest absolute Gasteiger partial charge is 0.488 e. The summed E-state index contributed by atoms with van der Waals surface area (Å²) in [6.45, 7) is 6.58. The molecule has 1 aromatic carbocycles. The lowest BCUT2D eigenvalue weighted by molar-refractivity contribution is -0.0815. The van der Waals surface area contributed by atoms with E-state index in [1.165, 1.54) is 24.5 Å². The molecule has 144 valence electrons. The van der Waals surface area contributed by atoms with E-state index >= 15 is 0 Å². The Hall–Kier alpha value is -2.02. The summed E-state index contributed by atoms with van der Waals surface area (Å²) in [6, 6.07) is 3.65. The zero-order valence-electron chi connectivity index (χ0n) is 15.6. The molecule has 0 aliphatic carbocycles. The monoisotopic (exact) mass is 367 g/mol. The molecule has 1 atom stereocenters. The van der Waals surface area contributed by atoms with Gasteiger partial charge in [0.25, 0.3) is 0 Å². The predicted octanol–water partition coefficient (Wildman–Crippen LogP) is 3.97. The van der Waals surface area contributed by atoms with Crippen LogP contribution in [0.15, 0.2) is 30.9 Å². The van der Waals surface area contributed by atoms with Crippen molar-refractivity contribution in [1.82, 2.24) is 14.8 Å². The Balaban J connectivity index is 1.79. The molecule has 1 heterocycles. The maximum absolute atomic E-state index is 13.5. The molecule has 2 aromatic rings. The van der Waals surface area contributed by atoms with Gasteiger partial charge >= 0.3 is 0 Å². The van der Waals surface area contributed by atoms with Crippen LogP contribution in [0.4, 0.5) is 8.78 Å². The van der Waals surface area contributed by atoms with Crippen LogP contribution in [0.2, 0.25) is 0 Å². The van der Waals surface area contributed by atoms with Crippen LogP contribution in [-0.2, 0) is 6.54 Å². The van der Waals surface area contributed by atoms with E-state index in [2.05, 4.69) is 10.1 Å². The molecule has 1 unspecified atom stereocenters. The predicted molar refractivity (Wildman–Crippen MR) is 94.7 cm³/mol. The van der Waals surface area contributed by atoms with Crippen molar-refractivity contribution in [2.75, 3.05) is 6.61 Å². The minimum atomic E-state index is -0.931. The van der Waals surface area contributed by atoms with Gasteiger partial charge in [-0.25, -0.2) is 13.8 Å². The highest BCUT2D eigenvalue weighted by atomic mass is 19.1. The number of ether oxygens (including phenoxy) is 1. The molecule has 0 amide bonds. The lowest BCUT2D eigenvalue weighted by Crippen LogP contribution is -2.46. The number of hydrogen-bond donors (Lipinski definition) is 1. The Bertz CT molecular complexity index is 666. The van der Waals surface area contributed by atoms with Gasteiger partial charge in [0.2, 0.25) is 0 Å². The van der Waals surface area contributed by atoms with Crippen LogP contribution in [-0.4, -0.2) is 32.1 Å². The molecule has 0 aliphatic heterocycles. The molecule has 7 heteroatoms. The molecule has 2 rings (SSSR count). The van der Waals surface area contributed by atoms with Gasteiger partial charge in [-0.3, -0.25) is 4.68 Å². The number of aliphatic hydroxyl groups is 1. The van der Waals surface area contributed by atoms with Crippen molar-refractivity contribution in [3.8, 4) is 5.75 Å². The number of unbranched alkanes of at least 4 members (excludes halogenated alkanes) is 2. The molecule has 1 N–H and O–H groups in total. The van der Waals surface area contributed by atoms with Crippen LogP contribution in [0, 0.1) is 17.0 Å². The van der Waals surface area contributed by atoms with Crippen LogP contribution in [0.25, 0.3) is 0 Å². The van der Waals surface area contributed by atoms with Gasteiger partial charge < -0.3 is 9.84 Å². The molecule has 0 aliphatic rings. The maximum atomic E-state index is 13.5. The summed E-state index contributed by atoms with van der Waals surface area (Å²) in [7, 11) is 0. The zero-order valence-corrected chi connectivity index (χ0v) is 15.6. The topological polar surface area (TPSA) is 60.2 Å². The summed E-state index contributed by atoms with van der Waals surface area (Å²) in [5.74, 6) is -1.72.